The lowest BCUT2D eigenvalue weighted by atomic mass is 10.3. The van der Waals surface area contributed by atoms with E-state index < -0.39 is 0 Å². The van der Waals surface area contributed by atoms with Gasteiger partial charge in [-0.15, -0.1) is 12.6 Å². The average molecular weight is 204 g/mol. The molecule has 0 aliphatic carbocycles. The fraction of sp³-hybridized carbons (Fsp3) is 0.250. The van der Waals surface area contributed by atoms with E-state index in [1.807, 2.05) is 25.1 Å². The standard InChI is InChI=1S/C8H10ClNOS/c1-2-11-6-4-3-5-7(12)8(6)10-9/h3-5,10,12H,2H2,1H3. The van der Waals surface area contributed by atoms with Gasteiger partial charge >= 0.3 is 0 Å². The number of hydrogen-bond donors (Lipinski definition) is 2. The molecule has 0 saturated heterocycles. The summed E-state index contributed by atoms with van der Waals surface area (Å²) in [5.74, 6) is 0.722. The van der Waals surface area contributed by atoms with E-state index in [-0.39, 0.29) is 0 Å². The third kappa shape index (κ3) is 1.99. The van der Waals surface area contributed by atoms with E-state index in [0.29, 0.717) is 12.3 Å². The Labute approximate surface area is 82.4 Å². The highest BCUT2D eigenvalue weighted by atomic mass is 35.5. The Balaban J connectivity index is 3.00. The Hall–Kier alpha value is -0.540. The van der Waals surface area contributed by atoms with Crippen LogP contribution in [-0.2, 0) is 0 Å². The van der Waals surface area contributed by atoms with Crippen LogP contribution in [0.15, 0.2) is 23.1 Å². The van der Waals surface area contributed by atoms with Gasteiger partial charge in [0.1, 0.15) is 11.4 Å². The van der Waals surface area contributed by atoms with Crippen LogP contribution in [0.1, 0.15) is 6.92 Å². The van der Waals surface area contributed by atoms with Crippen molar-refractivity contribution in [1.29, 1.82) is 0 Å². The van der Waals surface area contributed by atoms with E-state index in [1.54, 1.807) is 0 Å². The summed E-state index contributed by atoms with van der Waals surface area (Å²) in [5, 5.41) is 0. The van der Waals surface area contributed by atoms with Gasteiger partial charge in [-0.1, -0.05) is 6.07 Å². The van der Waals surface area contributed by atoms with Crippen molar-refractivity contribution < 1.29 is 4.74 Å². The highest BCUT2D eigenvalue weighted by Gasteiger charge is 2.04. The molecule has 66 valence electrons. The zero-order chi connectivity index (χ0) is 8.97. The molecule has 1 N–H and O–H groups in total. The summed E-state index contributed by atoms with van der Waals surface area (Å²) in [7, 11) is 0. The maximum atomic E-state index is 5.49. The third-order valence-corrected chi connectivity index (χ3v) is 1.96. The molecular formula is C8H10ClNOS. The molecule has 1 rings (SSSR count). The SMILES string of the molecule is CCOc1cccc(S)c1NCl. The highest BCUT2D eigenvalue weighted by Crippen LogP contribution is 2.31. The number of rotatable bonds is 3. The highest BCUT2D eigenvalue weighted by molar-refractivity contribution is 7.80. The molecule has 0 amide bonds. The summed E-state index contributed by atoms with van der Waals surface area (Å²) < 4.78 is 5.31. The molecule has 0 saturated carbocycles. The van der Waals surface area contributed by atoms with Crippen LogP contribution in [0.2, 0.25) is 0 Å². The van der Waals surface area contributed by atoms with Crippen molar-refractivity contribution >= 4 is 30.1 Å². The van der Waals surface area contributed by atoms with Crippen molar-refractivity contribution in [3.63, 3.8) is 0 Å². The molecule has 0 heterocycles. The molecule has 1 aromatic carbocycles. The Kier molecular flexibility index (Phi) is 3.56. The van der Waals surface area contributed by atoms with Crippen molar-refractivity contribution in [2.75, 3.05) is 11.4 Å². The molecular weight excluding hydrogens is 194 g/mol. The van der Waals surface area contributed by atoms with Crippen LogP contribution >= 0.6 is 24.4 Å². The molecule has 0 radical (unpaired) electrons. The number of hydrogen-bond acceptors (Lipinski definition) is 3. The molecule has 0 bridgehead atoms. The maximum absolute atomic E-state index is 5.49. The van der Waals surface area contributed by atoms with Gasteiger partial charge in [0.05, 0.1) is 6.61 Å². The van der Waals surface area contributed by atoms with Crippen LogP contribution in [0.3, 0.4) is 0 Å². The van der Waals surface area contributed by atoms with Gasteiger partial charge in [0.15, 0.2) is 0 Å². The van der Waals surface area contributed by atoms with Crippen molar-refractivity contribution in [3.8, 4) is 5.75 Å². The van der Waals surface area contributed by atoms with Crippen molar-refractivity contribution in [3.05, 3.63) is 18.2 Å². The second-order valence-corrected chi connectivity index (χ2v) is 2.85. The average Bonchev–Trinajstić information content (AvgIpc) is 2.05. The number of halogens is 1. The molecule has 0 aliphatic rings. The number of nitrogens with one attached hydrogen (secondary N) is 1. The van der Waals surface area contributed by atoms with Crippen LogP contribution in [0.25, 0.3) is 0 Å². The third-order valence-electron chi connectivity index (χ3n) is 1.40. The second kappa shape index (κ2) is 4.48. The molecule has 0 unspecified atom stereocenters. The summed E-state index contributed by atoms with van der Waals surface area (Å²) in [6, 6.07) is 5.55. The normalized spacial score (nSPS) is 9.58. The van der Waals surface area contributed by atoms with Gasteiger partial charge in [-0.3, -0.25) is 4.84 Å². The van der Waals surface area contributed by atoms with Crippen LogP contribution in [0.4, 0.5) is 5.69 Å². The van der Waals surface area contributed by atoms with E-state index in [2.05, 4.69) is 17.5 Å². The van der Waals surface area contributed by atoms with Crippen LogP contribution in [0, 0.1) is 0 Å². The molecule has 2 nitrogen and oxygen atoms in total. The summed E-state index contributed by atoms with van der Waals surface area (Å²) >= 11 is 9.71. The van der Waals surface area contributed by atoms with E-state index in [4.69, 9.17) is 16.5 Å². The van der Waals surface area contributed by atoms with E-state index >= 15 is 0 Å². The van der Waals surface area contributed by atoms with Gasteiger partial charge in [-0.05, 0) is 19.1 Å². The number of benzene rings is 1. The zero-order valence-electron chi connectivity index (χ0n) is 6.67. The van der Waals surface area contributed by atoms with Crippen LogP contribution < -0.4 is 9.57 Å². The lowest BCUT2D eigenvalue weighted by Gasteiger charge is -2.09. The molecule has 0 fully saturated rings. The molecule has 12 heavy (non-hydrogen) atoms. The van der Waals surface area contributed by atoms with Crippen molar-refractivity contribution in [2.24, 2.45) is 0 Å². The largest absolute Gasteiger partial charge is 0.492 e. The molecule has 4 heteroatoms. The minimum absolute atomic E-state index is 0.614. The predicted molar refractivity (Wildman–Crippen MR) is 54.3 cm³/mol. The van der Waals surface area contributed by atoms with Crippen molar-refractivity contribution in [2.45, 2.75) is 11.8 Å². The summed E-state index contributed by atoms with van der Waals surface area (Å²) in [4.78, 5) is 3.29. The number of thiol groups is 1. The number of para-hydroxylation sites is 1. The van der Waals surface area contributed by atoms with Gasteiger partial charge in [0.2, 0.25) is 0 Å². The lowest BCUT2D eigenvalue weighted by molar-refractivity contribution is 0.341. The van der Waals surface area contributed by atoms with Gasteiger partial charge in [-0.2, -0.15) is 0 Å². The fourth-order valence-electron chi connectivity index (χ4n) is 0.890. The molecule has 0 atom stereocenters. The Morgan fingerprint density at radius 3 is 2.92 bits per heavy atom. The number of anilines is 1. The Bertz CT molecular complexity index is 267. The monoisotopic (exact) mass is 203 g/mol. The first-order valence-electron chi connectivity index (χ1n) is 3.61. The smallest absolute Gasteiger partial charge is 0.144 e. The minimum atomic E-state index is 0.614. The van der Waals surface area contributed by atoms with Gasteiger partial charge in [-0.25, -0.2) is 0 Å². The fourth-order valence-corrected chi connectivity index (χ4v) is 1.40. The quantitative estimate of drug-likeness (QED) is 0.582. The topological polar surface area (TPSA) is 21.3 Å². The van der Waals surface area contributed by atoms with Gasteiger partial charge < -0.3 is 4.74 Å². The summed E-state index contributed by atoms with van der Waals surface area (Å²) in [6.07, 6.45) is 0. The second-order valence-electron chi connectivity index (χ2n) is 2.18. The van der Waals surface area contributed by atoms with E-state index in [1.165, 1.54) is 0 Å². The van der Waals surface area contributed by atoms with E-state index in [9.17, 15) is 0 Å². The number of ether oxygens (including phenoxy) is 1. The molecule has 0 spiro atoms. The van der Waals surface area contributed by atoms with Crippen molar-refractivity contribution in [1.82, 2.24) is 0 Å². The summed E-state index contributed by atoms with van der Waals surface area (Å²) in [6.45, 7) is 2.53. The van der Waals surface area contributed by atoms with Crippen LogP contribution in [-0.4, -0.2) is 6.61 Å². The Morgan fingerprint density at radius 2 is 2.33 bits per heavy atom. The van der Waals surface area contributed by atoms with Crippen LogP contribution in [0.5, 0.6) is 5.75 Å². The lowest BCUT2D eigenvalue weighted by Crippen LogP contribution is -1.95. The van der Waals surface area contributed by atoms with Gasteiger partial charge in [0.25, 0.3) is 0 Å². The first-order valence-corrected chi connectivity index (χ1v) is 4.43. The zero-order valence-corrected chi connectivity index (χ0v) is 8.32. The Morgan fingerprint density at radius 1 is 1.58 bits per heavy atom. The van der Waals surface area contributed by atoms with E-state index in [0.717, 1.165) is 10.6 Å². The minimum Gasteiger partial charge on any atom is -0.492 e. The van der Waals surface area contributed by atoms with Gasteiger partial charge in [0, 0.05) is 16.7 Å². The molecule has 0 aliphatic heterocycles. The first kappa shape index (κ1) is 9.55. The molecule has 1 aromatic rings. The first-order chi connectivity index (χ1) is 5.79. The maximum Gasteiger partial charge on any atom is 0.144 e. The molecule has 0 aromatic heterocycles. The summed E-state index contributed by atoms with van der Waals surface area (Å²) in [5.41, 5.74) is 0.712. The predicted octanol–water partition coefficient (Wildman–Crippen LogP) is 2.94.